The van der Waals surface area contributed by atoms with E-state index in [1.807, 2.05) is 48.6 Å². The van der Waals surface area contributed by atoms with Crippen LogP contribution in [0.2, 0.25) is 0 Å². The van der Waals surface area contributed by atoms with Crippen molar-refractivity contribution in [1.29, 1.82) is 0 Å². The summed E-state index contributed by atoms with van der Waals surface area (Å²) in [4.78, 5) is 0. The molecule has 0 aromatic heterocycles. The maximum atomic E-state index is 11.8. The first-order chi connectivity index (χ1) is 19.7. The van der Waals surface area contributed by atoms with Crippen molar-refractivity contribution in [1.82, 2.24) is 0 Å². The van der Waals surface area contributed by atoms with E-state index in [-0.39, 0.29) is 17.1 Å². The zero-order valence-corrected chi connectivity index (χ0v) is 27.9. The first-order valence-electron chi connectivity index (χ1n) is 17.2. The summed E-state index contributed by atoms with van der Waals surface area (Å²) in [5.74, 6) is 0.622. The molecule has 0 N–H and O–H groups in total. The summed E-state index contributed by atoms with van der Waals surface area (Å²) < 4.78 is 0. The average molecular weight is 607 g/mol. The van der Waals surface area contributed by atoms with Crippen LogP contribution in [-0.4, -0.2) is 0 Å². The molecule has 0 heterocycles. The van der Waals surface area contributed by atoms with Gasteiger partial charge in [-0.05, 0) is 24.0 Å². The molecule has 2 rings (SSSR count). The van der Waals surface area contributed by atoms with Crippen LogP contribution in [0.5, 0.6) is 0 Å². The molecule has 0 saturated heterocycles. The molecule has 0 aromatic carbocycles. The largest absolute Gasteiger partial charge is 2.00 e. The molecular weight excluding hydrogens is 544 g/mol. The topological polar surface area (TPSA) is 46.1 Å². The van der Waals surface area contributed by atoms with Gasteiger partial charge >= 0.3 is 17.1 Å². The molecule has 41 heavy (non-hydrogen) atoms. The van der Waals surface area contributed by atoms with Crippen molar-refractivity contribution in [3.8, 4) is 0 Å². The summed E-state index contributed by atoms with van der Waals surface area (Å²) in [6, 6.07) is 0. The van der Waals surface area contributed by atoms with Gasteiger partial charge in [0.2, 0.25) is 0 Å². The quantitative estimate of drug-likeness (QED) is 0.0623. The van der Waals surface area contributed by atoms with Crippen LogP contribution in [0.15, 0.2) is 71.3 Å². The second kappa shape index (κ2) is 30.0. The van der Waals surface area contributed by atoms with E-state index >= 15 is 0 Å². The van der Waals surface area contributed by atoms with Gasteiger partial charge in [0.1, 0.15) is 0 Å². The van der Waals surface area contributed by atoms with Gasteiger partial charge in [0.15, 0.2) is 0 Å². The molecule has 0 aromatic rings. The van der Waals surface area contributed by atoms with E-state index in [1.165, 1.54) is 128 Å². The molecule has 0 saturated carbocycles. The van der Waals surface area contributed by atoms with Crippen LogP contribution in [-0.2, 0) is 17.1 Å². The van der Waals surface area contributed by atoms with Crippen molar-refractivity contribution in [2.24, 2.45) is 0 Å². The van der Waals surface area contributed by atoms with E-state index in [1.54, 1.807) is 0 Å². The summed E-state index contributed by atoms with van der Waals surface area (Å²) in [7, 11) is 0. The zero-order valence-electron chi connectivity index (χ0n) is 26.8. The van der Waals surface area contributed by atoms with Crippen molar-refractivity contribution in [3.63, 3.8) is 0 Å². The van der Waals surface area contributed by atoms with E-state index in [2.05, 4.69) is 13.8 Å². The fraction of sp³-hybridized carbons (Fsp3) is 0.684. The third-order valence-corrected chi connectivity index (χ3v) is 7.98. The predicted molar refractivity (Wildman–Crippen MR) is 173 cm³/mol. The van der Waals surface area contributed by atoms with Gasteiger partial charge in [0.05, 0.1) is 0 Å². The van der Waals surface area contributed by atoms with Gasteiger partial charge in [-0.1, -0.05) is 204 Å². The third-order valence-electron chi connectivity index (χ3n) is 7.98. The molecule has 0 bridgehead atoms. The number of allylic oxidation sites excluding steroid dienone is 12. The average Bonchev–Trinajstić information content (AvgIpc) is 3.70. The molecule has 0 spiro atoms. The van der Waals surface area contributed by atoms with E-state index in [0.29, 0.717) is 11.5 Å². The Morgan fingerprint density at radius 2 is 0.610 bits per heavy atom. The van der Waals surface area contributed by atoms with Gasteiger partial charge in [-0.25, -0.2) is 0 Å². The summed E-state index contributed by atoms with van der Waals surface area (Å²) in [6.07, 6.45) is 46.2. The number of unbranched alkanes of at least 4 members (excludes halogenated alkanes) is 20. The Balaban J connectivity index is 0.000000762. The van der Waals surface area contributed by atoms with Crippen LogP contribution in [0.4, 0.5) is 0 Å². The van der Waals surface area contributed by atoms with Gasteiger partial charge < -0.3 is 10.2 Å². The van der Waals surface area contributed by atoms with Crippen LogP contribution >= 0.6 is 0 Å². The van der Waals surface area contributed by atoms with Gasteiger partial charge in [-0.15, -0.1) is 11.5 Å². The summed E-state index contributed by atoms with van der Waals surface area (Å²) in [5, 5.41) is 23.5. The maximum absolute atomic E-state index is 11.8. The second-order valence-corrected chi connectivity index (χ2v) is 11.8. The van der Waals surface area contributed by atoms with Crippen LogP contribution in [0.25, 0.3) is 0 Å². The molecule has 0 fully saturated rings. The smallest absolute Gasteiger partial charge is 0.875 e. The SMILES string of the molecule is CCCCCCCCCCCCCC([O-])=C1C=CC=C1.CCCCCCCCCCCCCC([O-])=C1C=CC=C1.[Fe+2]. The Bertz CT molecular complexity index is 690. The molecule has 2 aliphatic rings. The van der Waals surface area contributed by atoms with E-state index in [4.69, 9.17) is 0 Å². The Morgan fingerprint density at radius 1 is 0.390 bits per heavy atom. The van der Waals surface area contributed by atoms with Gasteiger partial charge in [0.25, 0.3) is 0 Å². The zero-order chi connectivity index (χ0) is 28.9. The molecule has 0 amide bonds. The first kappa shape index (κ1) is 39.6. The molecule has 3 heteroatoms. The van der Waals surface area contributed by atoms with Gasteiger partial charge in [-0.3, -0.25) is 0 Å². The van der Waals surface area contributed by atoms with Crippen molar-refractivity contribution in [2.45, 2.75) is 168 Å². The Kier molecular flexibility index (Phi) is 29.0. The number of hydrogen-bond donors (Lipinski definition) is 0. The molecular formula is C38H62FeO2. The van der Waals surface area contributed by atoms with Crippen LogP contribution in [0, 0.1) is 0 Å². The van der Waals surface area contributed by atoms with Gasteiger partial charge in [0, 0.05) is 0 Å². The summed E-state index contributed by atoms with van der Waals surface area (Å²) in [5.41, 5.74) is 1.77. The normalized spacial score (nSPS) is 13.0. The fourth-order valence-corrected chi connectivity index (χ4v) is 5.31. The molecule has 0 atom stereocenters. The summed E-state index contributed by atoms with van der Waals surface area (Å²) >= 11 is 0. The minimum Gasteiger partial charge on any atom is -0.875 e. The van der Waals surface area contributed by atoms with Crippen LogP contribution < -0.4 is 10.2 Å². The van der Waals surface area contributed by atoms with E-state index in [0.717, 1.165) is 36.8 Å². The standard InChI is InChI=1S/2C19H32O.Fe/c2*1-2-3-4-5-6-7-8-9-10-11-12-17-19(20)18-15-13-14-16-18;/h2*13-16,20H,2-12,17H2,1H3;/q;;+2/p-2. The van der Waals surface area contributed by atoms with Crippen LogP contribution in [0.3, 0.4) is 0 Å². The Hall–Kier alpha value is -1.44. The maximum Gasteiger partial charge on any atom is 2.00 e. The van der Waals surface area contributed by atoms with Crippen molar-refractivity contribution >= 4 is 0 Å². The molecule has 2 nitrogen and oxygen atoms in total. The number of hydrogen-bond acceptors (Lipinski definition) is 2. The van der Waals surface area contributed by atoms with E-state index < -0.39 is 0 Å². The molecule has 2 aliphatic carbocycles. The van der Waals surface area contributed by atoms with Gasteiger partial charge in [-0.2, -0.15) is 0 Å². The minimum absolute atomic E-state index is 0. The Morgan fingerprint density at radius 3 is 0.854 bits per heavy atom. The molecule has 234 valence electrons. The van der Waals surface area contributed by atoms with Crippen LogP contribution in [0.1, 0.15) is 168 Å². The first-order valence-corrected chi connectivity index (χ1v) is 17.2. The number of rotatable bonds is 24. The molecule has 0 unspecified atom stereocenters. The van der Waals surface area contributed by atoms with Crippen molar-refractivity contribution in [3.05, 3.63) is 71.3 Å². The second-order valence-electron chi connectivity index (χ2n) is 11.8. The third kappa shape index (κ3) is 23.8. The van der Waals surface area contributed by atoms with E-state index in [9.17, 15) is 10.2 Å². The Labute approximate surface area is 265 Å². The summed E-state index contributed by atoms with van der Waals surface area (Å²) in [6.45, 7) is 4.53. The minimum atomic E-state index is 0. The molecule has 0 radical (unpaired) electrons. The van der Waals surface area contributed by atoms with Crippen molar-refractivity contribution < 1.29 is 27.3 Å². The predicted octanol–water partition coefficient (Wildman–Crippen LogP) is 10.9. The fourth-order valence-electron chi connectivity index (χ4n) is 5.31. The molecule has 0 aliphatic heterocycles. The monoisotopic (exact) mass is 606 g/mol. The van der Waals surface area contributed by atoms with Crippen molar-refractivity contribution in [2.75, 3.05) is 0 Å².